The first-order chi connectivity index (χ1) is 12.3. The zero-order valence-corrected chi connectivity index (χ0v) is 16.1. The lowest BCUT2D eigenvalue weighted by molar-refractivity contribution is -0.131. The van der Waals surface area contributed by atoms with Crippen LogP contribution in [0.4, 0.5) is 10.5 Å². The highest BCUT2D eigenvalue weighted by Gasteiger charge is 2.36. The summed E-state index contributed by atoms with van der Waals surface area (Å²) in [7, 11) is 0. The van der Waals surface area contributed by atoms with Gasteiger partial charge >= 0.3 is 6.03 Å². The molecule has 0 aliphatic carbocycles. The Morgan fingerprint density at radius 1 is 1.08 bits per heavy atom. The van der Waals surface area contributed by atoms with E-state index in [1.54, 1.807) is 0 Å². The van der Waals surface area contributed by atoms with Gasteiger partial charge in [-0.15, -0.1) is 0 Å². The Morgan fingerprint density at radius 3 is 2.46 bits per heavy atom. The number of benzene rings is 1. The van der Waals surface area contributed by atoms with Crippen LogP contribution in [0.1, 0.15) is 32.3 Å². The van der Waals surface area contributed by atoms with Crippen molar-refractivity contribution in [2.75, 3.05) is 44.2 Å². The molecule has 6 nitrogen and oxygen atoms in total. The molecular weight excluding hydrogens is 328 g/mol. The van der Waals surface area contributed by atoms with Gasteiger partial charge < -0.3 is 10.2 Å². The third-order valence-corrected chi connectivity index (χ3v) is 5.18. The predicted octanol–water partition coefficient (Wildman–Crippen LogP) is 2.23. The van der Waals surface area contributed by atoms with Crippen LogP contribution in [0.3, 0.4) is 0 Å². The number of anilines is 1. The van der Waals surface area contributed by atoms with E-state index in [9.17, 15) is 9.59 Å². The molecule has 2 fully saturated rings. The number of nitrogens with one attached hydrogen (secondary N) is 1. The van der Waals surface area contributed by atoms with Gasteiger partial charge in [-0.3, -0.25) is 14.6 Å². The lowest BCUT2D eigenvalue weighted by atomic mass is 9.98. The predicted molar refractivity (Wildman–Crippen MR) is 103 cm³/mol. The molecule has 0 spiro atoms. The fourth-order valence-electron chi connectivity index (χ4n) is 3.72. The summed E-state index contributed by atoms with van der Waals surface area (Å²) in [6.45, 7) is 11.4. The molecule has 0 saturated carbocycles. The van der Waals surface area contributed by atoms with Crippen molar-refractivity contribution in [3.8, 4) is 0 Å². The lowest BCUT2D eigenvalue weighted by Crippen LogP contribution is -2.59. The third kappa shape index (κ3) is 4.55. The van der Waals surface area contributed by atoms with Crippen LogP contribution in [0.2, 0.25) is 0 Å². The molecule has 3 rings (SSSR count). The maximum atomic E-state index is 12.2. The zero-order valence-electron chi connectivity index (χ0n) is 16.1. The van der Waals surface area contributed by atoms with E-state index in [0.29, 0.717) is 13.0 Å². The Kier molecular flexibility index (Phi) is 5.51. The Morgan fingerprint density at radius 2 is 1.81 bits per heavy atom. The quantitative estimate of drug-likeness (QED) is 0.877. The standard InChI is InChI=1S/C20H30N4O2/c1-16-6-4-7-17(14-16)23-12-10-22(11-13-23)8-5-9-24-18(25)15-20(2,3)21-19(24)26/h4,6-7,14H,5,8-13,15H2,1-3H3,(H,21,26). The topological polar surface area (TPSA) is 55.9 Å². The Balaban J connectivity index is 1.42. The van der Waals surface area contributed by atoms with Crippen molar-refractivity contribution in [1.29, 1.82) is 0 Å². The zero-order chi connectivity index (χ0) is 18.7. The normalized spacial score (nSPS) is 21.0. The lowest BCUT2D eigenvalue weighted by Gasteiger charge is -2.38. The van der Waals surface area contributed by atoms with E-state index in [0.717, 1.165) is 39.1 Å². The molecule has 2 aliphatic rings. The molecule has 3 amide bonds. The molecule has 1 aromatic rings. The molecular formula is C20H30N4O2. The number of nitrogens with zero attached hydrogens (tertiary/aromatic N) is 3. The second-order valence-corrected chi connectivity index (χ2v) is 8.06. The van der Waals surface area contributed by atoms with E-state index in [1.807, 2.05) is 13.8 Å². The number of carbonyl (C=O) groups excluding carboxylic acids is 2. The molecule has 1 N–H and O–H groups in total. The molecule has 26 heavy (non-hydrogen) atoms. The van der Waals surface area contributed by atoms with Crippen LogP contribution < -0.4 is 10.2 Å². The highest BCUT2D eigenvalue weighted by molar-refractivity contribution is 5.97. The fourth-order valence-corrected chi connectivity index (χ4v) is 3.72. The van der Waals surface area contributed by atoms with E-state index in [2.05, 4.69) is 46.3 Å². The number of hydrogen-bond donors (Lipinski definition) is 1. The van der Waals surface area contributed by atoms with Crippen molar-refractivity contribution in [2.45, 2.75) is 39.2 Å². The van der Waals surface area contributed by atoms with Crippen molar-refractivity contribution in [2.24, 2.45) is 0 Å². The maximum absolute atomic E-state index is 12.2. The van der Waals surface area contributed by atoms with E-state index in [4.69, 9.17) is 0 Å². The SMILES string of the molecule is Cc1cccc(N2CCN(CCCN3C(=O)CC(C)(C)NC3=O)CC2)c1. The van der Waals surface area contributed by atoms with Crippen LogP contribution >= 0.6 is 0 Å². The highest BCUT2D eigenvalue weighted by atomic mass is 16.2. The molecule has 0 bridgehead atoms. The minimum atomic E-state index is -0.434. The minimum absolute atomic E-state index is 0.0667. The van der Waals surface area contributed by atoms with Gasteiger partial charge in [-0.2, -0.15) is 0 Å². The Labute approximate surface area is 156 Å². The number of aryl methyl sites for hydroxylation is 1. The molecule has 0 atom stereocenters. The van der Waals surface area contributed by atoms with Gasteiger partial charge in [0.25, 0.3) is 0 Å². The first-order valence-corrected chi connectivity index (χ1v) is 9.50. The van der Waals surface area contributed by atoms with Crippen molar-refractivity contribution in [3.05, 3.63) is 29.8 Å². The molecule has 142 valence electrons. The van der Waals surface area contributed by atoms with Crippen LogP contribution in [0.15, 0.2) is 24.3 Å². The molecule has 0 radical (unpaired) electrons. The van der Waals surface area contributed by atoms with Gasteiger partial charge in [-0.05, 0) is 51.4 Å². The number of urea groups is 1. The smallest absolute Gasteiger partial charge is 0.324 e. The van der Waals surface area contributed by atoms with Crippen molar-refractivity contribution in [3.63, 3.8) is 0 Å². The van der Waals surface area contributed by atoms with E-state index >= 15 is 0 Å². The first kappa shape index (κ1) is 18.7. The first-order valence-electron chi connectivity index (χ1n) is 9.50. The summed E-state index contributed by atoms with van der Waals surface area (Å²) in [5.41, 5.74) is 2.15. The summed E-state index contributed by atoms with van der Waals surface area (Å²) in [6, 6.07) is 8.39. The third-order valence-electron chi connectivity index (χ3n) is 5.18. The molecule has 1 aromatic carbocycles. The summed E-state index contributed by atoms with van der Waals surface area (Å²) < 4.78 is 0. The van der Waals surface area contributed by atoms with Crippen molar-refractivity contribution in [1.82, 2.24) is 15.1 Å². The average Bonchev–Trinajstić information content (AvgIpc) is 2.57. The molecule has 0 unspecified atom stereocenters. The number of imide groups is 1. The monoisotopic (exact) mass is 358 g/mol. The van der Waals surface area contributed by atoms with Gasteiger partial charge in [0.1, 0.15) is 0 Å². The van der Waals surface area contributed by atoms with Gasteiger partial charge in [0, 0.05) is 50.4 Å². The Bertz CT molecular complexity index is 646. The average molecular weight is 358 g/mol. The Hall–Kier alpha value is -2.08. The van der Waals surface area contributed by atoms with E-state index < -0.39 is 5.54 Å². The van der Waals surface area contributed by atoms with Crippen molar-refractivity contribution >= 4 is 17.6 Å². The second-order valence-electron chi connectivity index (χ2n) is 8.06. The molecule has 2 heterocycles. The van der Waals surface area contributed by atoms with Crippen LogP contribution in [-0.4, -0.2) is 66.5 Å². The molecule has 2 aliphatic heterocycles. The van der Waals surface area contributed by atoms with Crippen LogP contribution in [-0.2, 0) is 4.79 Å². The summed E-state index contributed by atoms with van der Waals surface area (Å²) >= 11 is 0. The van der Waals surface area contributed by atoms with Crippen molar-refractivity contribution < 1.29 is 9.59 Å². The number of rotatable bonds is 5. The van der Waals surface area contributed by atoms with Crippen LogP contribution in [0, 0.1) is 6.92 Å². The summed E-state index contributed by atoms with van der Waals surface area (Å²) in [4.78, 5) is 30.5. The van der Waals surface area contributed by atoms with Gasteiger partial charge in [-0.1, -0.05) is 12.1 Å². The van der Waals surface area contributed by atoms with Crippen LogP contribution in [0.25, 0.3) is 0 Å². The minimum Gasteiger partial charge on any atom is -0.369 e. The van der Waals surface area contributed by atoms with E-state index in [-0.39, 0.29) is 11.9 Å². The highest BCUT2D eigenvalue weighted by Crippen LogP contribution is 2.19. The molecule has 0 aromatic heterocycles. The van der Waals surface area contributed by atoms with Gasteiger partial charge in [0.15, 0.2) is 0 Å². The number of amides is 3. The number of carbonyl (C=O) groups is 2. The summed E-state index contributed by atoms with van der Waals surface area (Å²) in [5, 5.41) is 2.90. The van der Waals surface area contributed by atoms with Gasteiger partial charge in [0.2, 0.25) is 5.91 Å². The second kappa shape index (κ2) is 7.66. The van der Waals surface area contributed by atoms with Gasteiger partial charge in [-0.25, -0.2) is 4.79 Å². The fraction of sp³-hybridized carbons (Fsp3) is 0.600. The van der Waals surface area contributed by atoms with Crippen LogP contribution in [0.5, 0.6) is 0 Å². The largest absolute Gasteiger partial charge is 0.369 e. The summed E-state index contributed by atoms with van der Waals surface area (Å²) in [5.74, 6) is -0.0667. The molecule has 6 heteroatoms. The number of hydrogen-bond acceptors (Lipinski definition) is 4. The molecule has 2 saturated heterocycles. The summed E-state index contributed by atoms with van der Waals surface area (Å²) in [6.07, 6.45) is 1.19. The maximum Gasteiger partial charge on any atom is 0.324 e. The number of piperazine rings is 1. The van der Waals surface area contributed by atoms with E-state index in [1.165, 1.54) is 16.2 Å². The van der Waals surface area contributed by atoms with Gasteiger partial charge in [0.05, 0.1) is 0 Å².